The summed E-state index contributed by atoms with van der Waals surface area (Å²) in [5.41, 5.74) is 1.19. The first-order chi connectivity index (χ1) is 14.1. The normalized spacial score (nSPS) is 13.7. The number of fused-ring (bicyclic) bond motifs is 1. The molecular weight excluding hydrogens is 386 g/mol. The lowest BCUT2D eigenvalue weighted by Gasteiger charge is -2.21. The Hall–Kier alpha value is -2.96. The fraction of sp³-hybridized carbons (Fsp3) is 0.174. The van der Waals surface area contributed by atoms with Gasteiger partial charge in [-0.05, 0) is 23.9 Å². The molecule has 0 bridgehead atoms. The van der Waals surface area contributed by atoms with Gasteiger partial charge in [-0.2, -0.15) is 0 Å². The minimum atomic E-state index is -1.66. The van der Waals surface area contributed by atoms with E-state index in [2.05, 4.69) is 4.72 Å². The van der Waals surface area contributed by atoms with Crippen LogP contribution in [0.15, 0.2) is 83.3 Å². The van der Waals surface area contributed by atoms with E-state index in [1.807, 2.05) is 60.7 Å². The third kappa shape index (κ3) is 4.39. The number of carbonyl (C=O) groups excluding carboxylic acids is 1. The second-order valence-corrected chi connectivity index (χ2v) is 7.47. The van der Waals surface area contributed by atoms with Crippen molar-refractivity contribution in [2.75, 3.05) is 14.2 Å². The summed E-state index contributed by atoms with van der Waals surface area (Å²) in [6, 6.07) is 20.2. The summed E-state index contributed by atoms with van der Waals surface area (Å²) in [5, 5.41) is 1.78. The molecule has 1 N–H and O–H groups in total. The van der Waals surface area contributed by atoms with Gasteiger partial charge in [-0.3, -0.25) is 0 Å². The second-order valence-electron chi connectivity index (χ2n) is 6.28. The maximum absolute atomic E-state index is 13.5. The van der Waals surface area contributed by atoms with Crippen molar-refractivity contribution in [3.8, 4) is 5.75 Å². The lowest BCUT2D eigenvalue weighted by molar-refractivity contribution is -0.136. The molecular formula is C23H23NO4S. The lowest BCUT2D eigenvalue weighted by atomic mass is 9.99. The van der Waals surface area contributed by atoms with E-state index < -0.39 is 23.0 Å². The van der Waals surface area contributed by atoms with Gasteiger partial charge in [0.05, 0.1) is 25.8 Å². The van der Waals surface area contributed by atoms with E-state index in [0.717, 1.165) is 16.3 Å². The Morgan fingerprint density at radius 3 is 2.34 bits per heavy atom. The van der Waals surface area contributed by atoms with Gasteiger partial charge in [0.15, 0.2) is 0 Å². The van der Waals surface area contributed by atoms with Crippen LogP contribution in [0.4, 0.5) is 0 Å². The number of carbonyl (C=O) groups is 1. The van der Waals surface area contributed by atoms with E-state index in [1.54, 1.807) is 26.2 Å². The monoisotopic (exact) mass is 409 g/mol. The van der Waals surface area contributed by atoms with Crippen molar-refractivity contribution in [2.45, 2.75) is 17.9 Å². The molecule has 0 radical (unpaired) electrons. The van der Waals surface area contributed by atoms with Crippen LogP contribution in [-0.2, 0) is 20.5 Å². The number of allylic oxidation sites excluding steroid dienone is 1. The van der Waals surface area contributed by atoms with Gasteiger partial charge in [-0.15, -0.1) is 0 Å². The summed E-state index contributed by atoms with van der Waals surface area (Å²) < 4.78 is 27.0. The van der Waals surface area contributed by atoms with Crippen molar-refractivity contribution in [2.24, 2.45) is 0 Å². The summed E-state index contributed by atoms with van der Waals surface area (Å²) in [6.45, 7) is 1.76. The molecule has 3 aromatic rings. The molecule has 0 spiro atoms. The van der Waals surface area contributed by atoms with Crippen LogP contribution in [0.5, 0.6) is 5.75 Å². The smallest absolute Gasteiger partial charge is 0.335 e. The molecule has 3 aromatic carbocycles. The average Bonchev–Trinajstić information content (AvgIpc) is 2.78. The van der Waals surface area contributed by atoms with Crippen LogP contribution in [0.3, 0.4) is 0 Å². The molecule has 0 heterocycles. The first kappa shape index (κ1) is 20.8. The number of rotatable bonds is 7. The Kier molecular flexibility index (Phi) is 6.80. The van der Waals surface area contributed by atoms with Gasteiger partial charge in [-0.25, -0.2) is 13.7 Å². The number of hydrogen-bond donors (Lipinski definition) is 1. The van der Waals surface area contributed by atoms with E-state index in [1.165, 1.54) is 7.11 Å². The Morgan fingerprint density at radius 2 is 1.69 bits per heavy atom. The first-order valence-corrected chi connectivity index (χ1v) is 10.3. The number of nitrogens with one attached hydrogen (secondary N) is 1. The number of benzene rings is 3. The number of hydrogen-bond acceptors (Lipinski definition) is 4. The summed E-state index contributed by atoms with van der Waals surface area (Å²) in [5.74, 6) is 0.0391. The molecule has 2 atom stereocenters. The van der Waals surface area contributed by atoms with Gasteiger partial charge in [0.2, 0.25) is 0 Å². The van der Waals surface area contributed by atoms with Gasteiger partial charge in [0, 0.05) is 5.39 Å². The van der Waals surface area contributed by atoms with E-state index in [-0.39, 0.29) is 0 Å². The van der Waals surface area contributed by atoms with Crippen LogP contribution < -0.4 is 9.46 Å². The molecule has 0 aliphatic carbocycles. The Balaban J connectivity index is 2.08. The van der Waals surface area contributed by atoms with Crippen LogP contribution in [0.25, 0.3) is 10.8 Å². The van der Waals surface area contributed by atoms with Crippen molar-refractivity contribution in [3.05, 3.63) is 83.9 Å². The number of ether oxygens (including phenoxy) is 2. The zero-order chi connectivity index (χ0) is 20.8. The van der Waals surface area contributed by atoms with Gasteiger partial charge in [0.25, 0.3) is 0 Å². The molecule has 3 rings (SSSR count). The molecule has 0 aliphatic heterocycles. The third-order valence-corrected chi connectivity index (χ3v) is 5.89. The van der Waals surface area contributed by atoms with Gasteiger partial charge < -0.3 is 9.47 Å². The highest BCUT2D eigenvalue weighted by molar-refractivity contribution is 7.83. The predicted molar refractivity (Wildman–Crippen MR) is 115 cm³/mol. The topological polar surface area (TPSA) is 64.6 Å². The summed E-state index contributed by atoms with van der Waals surface area (Å²) >= 11 is 0. The van der Waals surface area contributed by atoms with E-state index in [4.69, 9.17) is 9.47 Å². The van der Waals surface area contributed by atoms with E-state index >= 15 is 0 Å². The molecule has 6 heteroatoms. The van der Waals surface area contributed by atoms with Crippen LogP contribution in [-0.4, -0.2) is 24.4 Å². The minimum absolute atomic E-state index is 0.381. The number of methoxy groups -OCH3 is 2. The number of esters is 1. The highest BCUT2D eigenvalue weighted by Gasteiger charge is 2.26. The van der Waals surface area contributed by atoms with Gasteiger partial charge in [-0.1, -0.05) is 66.7 Å². The molecule has 0 amide bonds. The standard InChI is InChI=1S/C23H23NO4S/c1-4-18(23(25)28-3)21(17-11-6-5-7-12-17)24-29(26)22-19-13-9-8-10-16(19)14-15-20(22)27-2/h4-15,21,24H,1-3H3/b18-4+/t21-,29?/m0/s1. The highest BCUT2D eigenvalue weighted by Crippen LogP contribution is 2.32. The Morgan fingerprint density at radius 1 is 1.00 bits per heavy atom. The molecule has 0 saturated heterocycles. The molecule has 0 saturated carbocycles. The van der Waals surface area contributed by atoms with Crippen LogP contribution >= 0.6 is 0 Å². The van der Waals surface area contributed by atoms with Gasteiger partial charge in [0.1, 0.15) is 21.6 Å². The zero-order valence-corrected chi connectivity index (χ0v) is 17.4. The average molecular weight is 410 g/mol. The highest BCUT2D eigenvalue weighted by atomic mass is 32.2. The first-order valence-electron chi connectivity index (χ1n) is 9.13. The fourth-order valence-corrected chi connectivity index (χ4v) is 4.53. The third-order valence-electron chi connectivity index (χ3n) is 4.65. The van der Waals surface area contributed by atoms with Crippen LogP contribution in [0.1, 0.15) is 18.5 Å². The van der Waals surface area contributed by atoms with Crippen molar-refractivity contribution < 1.29 is 18.5 Å². The summed E-state index contributed by atoms with van der Waals surface area (Å²) in [4.78, 5) is 12.9. The van der Waals surface area contributed by atoms with Crippen LogP contribution in [0.2, 0.25) is 0 Å². The molecule has 5 nitrogen and oxygen atoms in total. The van der Waals surface area contributed by atoms with E-state index in [0.29, 0.717) is 16.2 Å². The largest absolute Gasteiger partial charge is 0.495 e. The maximum atomic E-state index is 13.5. The van der Waals surface area contributed by atoms with E-state index in [9.17, 15) is 9.00 Å². The van der Waals surface area contributed by atoms with Crippen LogP contribution in [0, 0.1) is 0 Å². The Bertz CT molecular complexity index is 1060. The second kappa shape index (κ2) is 9.49. The summed E-state index contributed by atoms with van der Waals surface area (Å²) in [7, 11) is 1.21. The lowest BCUT2D eigenvalue weighted by Crippen LogP contribution is -2.29. The maximum Gasteiger partial charge on any atom is 0.335 e. The molecule has 0 aromatic heterocycles. The zero-order valence-electron chi connectivity index (χ0n) is 16.5. The molecule has 0 aliphatic rings. The molecule has 0 fully saturated rings. The SMILES string of the molecule is C/C=C(/C(=O)OC)[C@@H](NS(=O)c1c(OC)ccc2ccccc12)c1ccccc1. The van der Waals surface area contributed by atoms with Crippen molar-refractivity contribution in [1.29, 1.82) is 0 Å². The quantitative estimate of drug-likeness (QED) is 0.466. The minimum Gasteiger partial charge on any atom is -0.495 e. The summed E-state index contributed by atoms with van der Waals surface area (Å²) in [6.07, 6.45) is 1.67. The fourth-order valence-electron chi connectivity index (χ4n) is 3.22. The predicted octanol–water partition coefficient (Wildman–Crippen LogP) is 4.32. The Labute approximate surface area is 172 Å². The molecule has 1 unspecified atom stereocenters. The van der Waals surface area contributed by atoms with Gasteiger partial charge >= 0.3 is 5.97 Å². The van der Waals surface area contributed by atoms with Crippen molar-refractivity contribution in [3.63, 3.8) is 0 Å². The van der Waals surface area contributed by atoms with Crippen molar-refractivity contribution >= 4 is 27.7 Å². The molecule has 29 heavy (non-hydrogen) atoms. The molecule has 150 valence electrons. The van der Waals surface area contributed by atoms with Crippen molar-refractivity contribution in [1.82, 2.24) is 4.72 Å².